The van der Waals surface area contributed by atoms with E-state index < -0.39 is 10.4 Å². The summed E-state index contributed by atoms with van der Waals surface area (Å²) in [5.74, 6) is 3.37. The van der Waals surface area contributed by atoms with Gasteiger partial charge in [-0.1, -0.05) is 54.5 Å². The molecule has 8 heteroatoms. The number of ether oxygens (including phenoxy) is 1. The summed E-state index contributed by atoms with van der Waals surface area (Å²) < 4.78 is 41.1. The standard InChI is InChI=1S/C20H19N2O.CH4O4S/c1-4-15-23-20-18(16-11-7-5-8-12-16)21(2)22(3)19(20)17-13-9-6-10-14-17;1-5-6(2,3)4/h1,5-14H,15H2,2-3H3;1H3,(H,2,3,4)/q+1;/p-1. The van der Waals surface area contributed by atoms with Crippen molar-refractivity contribution < 1.29 is 26.6 Å². The monoisotopic (exact) mass is 414 g/mol. The highest BCUT2D eigenvalue weighted by Crippen LogP contribution is 2.37. The molecule has 152 valence electrons. The van der Waals surface area contributed by atoms with E-state index in [1.54, 1.807) is 0 Å². The van der Waals surface area contributed by atoms with Crippen LogP contribution in [0.25, 0.3) is 22.5 Å². The molecule has 0 aliphatic carbocycles. The molecule has 0 spiro atoms. The number of benzene rings is 2. The first-order chi connectivity index (χ1) is 13.8. The van der Waals surface area contributed by atoms with Gasteiger partial charge in [0, 0.05) is 5.56 Å². The van der Waals surface area contributed by atoms with Gasteiger partial charge < -0.3 is 9.29 Å². The fourth-order valence-corrected chi connectivity index (χ4v) is 2.78. The summed E-state index contributed by atoms with van der Waals surface area (Å²) in [6, 6.07) is 20.4. The number of hydrogen-bond acceptors (Lipinski definition) is 5. The summed E-state index contributed by atoms with van der Waals surface area (Å²) in [5, 5.41) is 0. The van der Waals surface area contributed by atoms with E-state index >= 15 is 0 Å². The van der Waals surface area contributed by atoms with Crippen molar-refractivity contribution in [3.8, 4) is 40.6 Å². The summed E-state index contributed by atoms with van der Waals surface area (Å²) in [7, 11) is 0.446. The highest BCUT2D eigenvalue weighted by Gasteiger charge is 2.29. The maximum absolute atomic E-state index is 9.22. The maximum Gasteiger partial charge on any atom is 0.280 e. The lowest BCUT2D eigenvalue weighted by Crippen LogP contribution is -2.39. The Balaban J connectivity index is 0.000000438. The second-order valence-electron chi connectivity index (χ2n) is 5.87. The van der Waals surface area contributed by atoms with Crippen LogP contribution in [0.5, 0.6) is 5.75 Å². The van der Waals surface area contributed by atoms with Gasteiger partial charge in [0.15, 0.2) is 12.7 Å². The molecule has 0 aliphatic rings. The van der Waals surface area contributed by atoms with Crippen LogP contribution in [0, 0.1) is 12.3 Å². The number of aromatic nitrogens is 2. The van der Waals surface area contributed by atoms with E-state index in [1.165, 1.54) is 0 Å². The second kappa shape index (κ2) is 9.89. The summed E-state index contributed by atoms with van der Waals surface area (Å²) in [4.78, 5) is 0. The smallest absolute Gasteiger partial charge is 0.280 e. The van der Waals surface area contributed by atoms with E-state index in [0.29, 0.717) is 0 Å². The van der Waals surface area contributed by atoms with E-state index in [4.69, 9.17) is 11.2 Å². The average molecular weight is 414 g/mol. The van der Waals surface area contributed by atoms with Gasteiger partial charge in [-0.2, -0.15) is 4.68 Å². The van der Waals surface area contributed by atoms with E-state index in [1.807, 2.05) is 50.5 Å². The molecular formula is C21H22N2O5S. The highest BCUT2D eigenvalue weighted by molar-refractivity contribution is 7.80. The molecule has 0 saturated carbocycles. The van der Waals surface area contributed by atoms with Gasteiger partial charge in [0.05, 0.1) is 19.7 Å². The number of terminal acetylenes is 1. The molecule has 0 unspecified atom stereocenters. The Morgan fingerprint density at radius 1 is 1.07 bits per heavy atom. The lowest BCUT2D eigenvalue weighted by molar-refractivity contribution is -0.740. The first-order valence-corrected chi connectivity index (χ1v) is 9.91. The molecule has 0 fully saturated rings. The Morgan fingerprint density at radius 2 is 1.55 bits per heavy atom. The largest absolute Gasteiger partial charge is 0.726 e. The molecule has 7 nitrogen and oxygen atoms in total. The van der Waals surface area contributed by atoms with Crippen molar-refractivity contribution >= 4 is 10.4 Å². The SMILES string of the molecule is C#CCOc1c(-c2ccccc2)n(C)[n+](C)c1-c1ccccc1.COS(=O)(=O)[O-]. The molecule has 1 aromatic heterocycles. The van der Waals surface area contributed by atoms with E-state index in [-0.39, 0.29) is 6.61 Å². The van der Waals surface area contributed by atoms with Crippen LogP contribution in [-0.2, 0) is 28.7 Å². The molecule has 0 atom stereocenters. The normalized spacial score (nSPS) is 10.6. The molecule has 29 heavy (non-hydrogen) atoms. The molecule has 0 aliphatic heterocycles. The molecule has 0 radical (unpaired) electrons. The van der Waals surface area contributed by atoms with Crippen molar-refractivity contribution in [2.75, 3.05) is 13.7 Å². The van der Waals surface area contributed by atoms with Crippen LogP contribution in [0.2, 0.25) is 0 Å². The van der Waals surface area contributed by atoms with Crippen molar-refractivity contribution in [3.05, 3.63) is 60.7 Å². The molecule has 0 bridgehead atoms. The Hall–Kier alpha value is -3.12. The van der Waals surface area contributed by atoms with Crippen molar-refractivity contribution in [3.63, 3.8) is 0 Å². The second-order valence-corrected chi connectivity index (χ2v) is 7.02. The number of hydrogen-bond donors (Lipinski definition) is 0. The van der Waals surface area contributed by atoms with Crippen LogP contribution in [-0.4, -0.2) is 31.4 Å². The zero-order valence-corrected chi connectivity index (χ0v) is 17.2. The van der Waals surface area contributed by atoms with Gasteiger partial charge in [0.2, 0.25) is 16.1 Å². The van der Waals surface area contributed by atoms with Crippen molar-refractivity contribution in [2.24, 2.45) is 14.1 Å². The van der Waals surface area contributed by atoms with E-state index in [9.17, 15) is 13.0 Å². The third-order valence-electron chi connectivity index (χ3n) is 4.13. The predicted molar refractivity (Wildman–Crippen MR) is 108 cm³/mol. The quantitative estimate of drug-likeness (QED) is 0.277. The fraction of sp³-hybridized carbons (Fsp3) is 0.190. The van der Waals surface area contributed by atoms with Gasteiger partial charge in [-0.3, -0.25) is 4.18 Å². The molecule has 0 N–H and O–H groups in total. The van der Waals surface area contributed by atoms with E-state index in [2.05, 4.69) is 43.7 Å². The fourth-order valence-electron chi connectivity index (χ4n) is 2.78. The first-order valence-electron chi connectivity index (χ1n) is 8.57. The minimum Gasteiger partial charge on any atom is -0.726 e. The van der Waals surface area contributed by atoms with Gasteiger partial charge in [0.25, 0.3) is 5.69 Å². The van der Waals surface area contributed by atoms with Crippen LogP contribution in [0.1, 0.15) is 0 Å². The minimum absolute atomic E-state index is 0.240. The summed E-state index contributed by atoms with van der Waals surface area (Å²) in [6.07, 6.45) is 5.41. The zero-order chi connectivity index (χ0) is 21.4. The molecule has 0 saturated heterocycles. The Labute approximate surface area is 171 Å². The van der Waals surface area contributed by atoms with Gasteiger partial charge in [0.1, 0.15) is 6.61 Å². The molecule has 0 amide bonds. The summed E-state index contributed by atoms with van der Waals surface area (Å²) in [5.41, 5.74) is 4.23. The van der Waals surface area contributed by atoms with Crippen molar-refractivity contribution in [1.29, 1.82) is 0 Å². The third-order valence-corrected chi connectivity index (χ3v) is 4.53. The molecular weight excluding hydrogens is 392 g/mol. The van der Waals surface area contributed by atoms with Crippen LogP contribution in [0.15, 0.2) is 60.7 Å². The highest BCUT2D eigenvalue weighted by atomic mass is 32.3. The van der Waals surface area contributed by atoms with Crippen LogP contribution >= 0.6 is 0 Å². The van der Waals surface area contributed by atoms with Gasteiger partial charge in [-0.25, -0.2) is 8.42 Å². The maximum atomic E-state index is 9.22. The lowest BCUT2D eigenvalue weighted by atomic mass is 10.1. The Bertz CT molecular complexity index is 1020. The molecule has 3 aromatic rings. The summed E-state index contributed by atoms with van der Waals surface area (Å²) in [6.45, 7) is 0.240. The predicted octanol–water partition coefficient (Wildman–Crippen LogP) is 2.29. The van der Waals surface area contributed by atoms with Gasteiger partial charge >= 0.3 is 0 Å². The van der Waals surface area contributed by atoms with Gasteiger partial charge in [-0.15, -0.1) is 11.1 Å². The topological polar surface area (TPSA) is 84.5 Å². The Morgan fingerprint density at radius 3 is 2.00 bits per heavy atom. The zero-order valence-electron chi connectivity index (χ0n) is 16.4. The molecule has 2 aromatic carbocycles. The summed E-state index contributed by atoms with van der Waals surface area (Å²) >= 11 is 0. The van der Waals surface area contributed by atoms with Crippen molar-refractivity contribution in [2.45, 2.75) is 0 Å². The first kappa shape index (κ1) is 22.2. The van der Waals surface area contributed by atoms with E-state index in [0.717, 1.165) is 35.4 Å². The van der Waals surface area contributed by atoms with Crippen LogP contribution in [0.4, 0.5) is 0 Å². The van der Waals surface area contributed by atoms with Crippen LogP contribution < -0.4 is 9.42 Å². The average Bonchev–Trinajstić information content (AvgIpc) is 2.97. The van der Waals surface area contributed by atoms with Gasteiger partial charge in [-0.05, 0) is 12.1 Å². The molecule has 1 heterocycles. The lowest BCUT2D eigenvalue weighted by Gasteiger charge is -2.04. The molecule has 3 rings (SSSR count). The minimum atomic E-state index is -4.41. The Kier molecular flexibility index (Phi) is 7.56. The number of nitrogens with zero attached hydrogens (tertiary/aromatic N) is 2. The van der Waals surface area contributed by atoms with Crippen LogP contribution in [0.3, 0.4) is 0 Å². The third kappa shape index (κ3) is 5.68. The number of rotatable bonds is 5. The van der Waals surface area contributed by atoms with Crippen molar-refractivity contribution in [1.82, 2.24) is 4.68 Å².